The van der Waals surface area contributed by atoms with E-state index in [-0.39, 0.29) is 17.9 Å². The summed E-state index contributed by atoms with van der Waals surface area (Å²) >= 11 is 0. The van der Waals surface area contributed by atoms with Crippen LogP contribution in [0.3, 0.4) is 0 Å². The molecule has 3 rings (SSSR count). The van der Waals surface area contributed by atoms with E-state index in [1.165, 1.54) is 5.56 Å². The van der Waals surface area contributed by atoms with E-state index >= 15 is 0 Å². The Labute approximate surface area is 160 Å². The number of rotatable bonds is 6. The van der Waals surface area contributed by atoms with Gasteiger partial charge >= 0.3 is 0 Å². The van der Waals surface area contributed by atoms with E-state index < -0.39 is 0 Å². The lowest BCUT2D eigenvalue weighted by Gasteiger charge is -2.18. The summed E-state index contributed by atoms with van der Waals surface area (Å²) in [5.74, 6) is 0.548. The van der Waals surface area contributed by atoms with Gasteiger partial charge in [0.2, 0.25) is 11.8 Å². The second-order valence-corrected chi connectivity index (χ2v) is 7.33. The first-order chi connectivity index (χ1) is 12.9. The van der Waals surface area contributed by atoms with Gasteiger partial charge < -0.3 is 15.5 Å². The van der Waals surface area contributed by atoms with Gasteiger partial charge in [-0.2, -0.15) is 0 Å². The molecule has 2 N–H and O–H groups in total. The Balaban J connectivity index is 1.56. The van der Waals surface area contributed by atoms with Crippen LogP contribution in [0.2, 0.25) is 0 Å². The Bertz CT molecular complexity index is 797. The minimum absolute atomic E-state index is 0.0916. The fourth-order valence-electron chi connectivity index (χ4n) is 3.18. The molecule has 1 atom stereocenters. The van der Waals surface area contributed by atoms with Crippen molar-refractivity contribution < 1.29 is 9.59 Å². The first kappa shape index (κ1) is 19.0. The number of hydrogen-bond donors (Lipinski definition) is 2. The highest BCUT2D eigenvalue weighted by Crippen LogP contribution is 2.23. The zero-order valence-corrected chi connectivity index (χ0v) is 16.2. The highest BCUT2D eigenvalue weighted by atomic mass is 16.2. The Hall–Kier alpha value is -2.82. The van der Waals surface area contributed by atoms with Crippen molar-refractivity contribution in [2.24, 2.45) is 0 Å². The topological polar surface area (TPSA) is 61.4 Å². The van der Waals surface area contributed by atoms with Crippen LogP contribution in [0.1, 0.15) is 45.1 Å². The van der Waals surface area contributed by atoms with Crippen LogP contribution in [0, 0.1) is 0 Å². The Morgan fingerprint density at radius 3 is 2.15 bits per heavy atom. The quantitative estimate of drug-likeness (QED) is 0.799. The maximum atomic E-state index is 12.4. The molecule has 0 bridgehead atoms. The molecule has 142 valence electrons. The molecule has 1 aliphatic rings. The average Bonchev–Trinajstić information content (AvgIpc) is 3.08. The number of amides is 2. The van der Waals surface area contributed by atoms with Gasteiger partial charge in [0, 0.05) is 30.0 Å². The van der Waals surface area contributed by atoms with Crippen LogP contribution >= 0.6 is 0 Å². The van der Waals surface area contributed by atoms with Crippen molar-refractivity contribution in [1.29, 1.82) is 0 Å². The van der Waals surface area contributed by atoms with Gasteiger partial charge in [-0.05, 0) is 61.2 Å². The molecule has 0 radical (unpaired) electrons. The summed E-state index contributed by atoms with van der Waals surface area (Å²) in [5.41, 5.74) is 3.80. The molecule has 2 aromatic rings. The lowest BCUT2D eigenvalue weighted by atomic mass is 10.0. The molecule has 0 spiro atoms. The highest BCUT2D eigenvalue weighted by molar-refractivity contribution is 5.97. The Kier molecular flexibility index (Phi) is 5.79. The van der Waals surface area contributed by atoms with Crippen LogP contribution in [-0.2, 0) is 9.59 Å². The SMILES string of the molecule is CC(C)c1ccc(NC(=O)[C@H](C)Nc2ccc(N3CCCC3=O)cc2)cc1. The third-order valence-electron chi connectivity index (χ3n) is 4.87. The molecule has 2 aromatic carbocycles. The highest BCUT2D eigenvalue weighted by Gasteiger charge is 2.21. The fraction of sp³-hybridized carbons (Fsp3) is 0.364. The maximum Gasteiger partial charge on any atom is 0.246 e. The first-order valence-corrected chi connectivity index (χ1v) is 9.52. The van der Waals surface area contributed by atoms with Gasteiger partial charge in [-0.15, -0.1) is 0 Å². The summed E-state index contributed by atoms with van der Waals surface area (Å²) in [6.07, 6.45) is 1.53. The molecule has 1 fully saturated rings. The van der Waals surface area contributed by atoms with Crippen molar-refractivity contribution >= 4 is 28.9 Å². The molecule has 2 amide bonds. The standard InChI is InChI=1S/C22H27N3O2/c1-15(2)17-6-8-19(9-7-17)24-22(27)16(3)23-18-10-12-20(13-11-18)25-14-4-5-21(25)26/h6-13,15-16,23H,4-5,14H2,1-3H3,(H,24,27)/t16-/m0/s1. The molecule has 1 heterocycles. The molecule has 27 heavy (non-hydrogen) atoms. The van der Waals surface area contributed by atoms with E-state index in [0.29, 0.717) is 12.3 Å². The summed E-state index contributed by atoms with van der Waals surface area (Å²) in [5, 5.41) is 6.14. The van der Waals surface area contributed by atoms with Gasteiger partial charge in [0.05, 0.1) is 0 Å². The summed E-state index contributed by atoms with van der Waals surface area (Å²) in [6, 6.07) is 15.2. The van der Waals surface area contributed by atoms with E-state index in [1.54, 1.807) is 4.90 Å². The van der Waals surface area contributed by atoms with Gasteiger partial charge in [0.1, 0.15) is 6.04 Å². The second-order valence-electron chi connectivity index (χ2n) is 7.33. The smallest absolute Gasteiger partial charge is 0.246 e. The third kappa shape index (κ3) is 4.67. The summed E-state index contributed by atoms with van der Waals surface area (Å²) < 4.78 is 0. The number of nitrogens with zero attached hydrogens (tertiary/aromatic N) is 1. The second kappa shape index (κ2) is 8.25. The number of nitrogens with one attached hydrogen (secondary N) is 2. The summed E-state index contributed by atoms with van der Waals surface area (Å²) in [4.78, 5) is 26.1. The molecule has 1 saturated heterocycles. The fourth-order valence-corrected chi connectivity index (χ4v) is 3.18. The largest absolute Gasteiger partial charge is 0.374 e. The Morgan fingerprint density at radius 2 is 1.59 bits per heavy atom. The van der Waals surface area contributed by atoms with E-state index in [0.717, 1.165) is 30.0 Å². The minimum Gasteiger partial charge on any atom is -0.374 e. The Morgan fingerprint density at radius 1 is 0.963 bits per heavy atom. The zero-order chi connectivity index (χ0) is 19.4. The normalized spacial score (nSPS) is 15.1. The molecule has 0 saturated carbocycles. The van der Waals surface area contributed by atoms with E-state index in [4.69, 9.17) is 0 Å². The van der Waals surface area contributed by atoms with Gasteiger partial charge in [-0.3, -0.25) is 9.59 Å². The van der Waals surface area contributed by atoms with Crippen LogP contribution in [-0.4, -0.2) is 24.4 Å². The monoisotopic (exact) mass is 365 g/mol. The number of benzene rings is 2. The molecule has 5 nitrogen and oxygen atoms in total. The van der Waals surface area contributed by atoms with Crippen LogP contribution in [0.5, 0.6) is 0 Å². The molecular weight excluding hydrogens is 338 g/mol. The predicted octanol–water partition coefficient (Wildman–Crippen LogP) is 4.38. The van der Waals surface area contributed by atoms with Crippen LogP contribution < -0.4 is 15.5 Å². The summed E-state index contributed by atoms with van der Waals surface area (Å²) in [6.45, 7) is 6.89. The number of carbonyl (C=O) groups excluding carboxylic acids is 2. The lowest BCUT2D eigenvalue weighted by molar-refractivity contribution is -0.117. The van der Waals surface area contributed by atoms with Crippen LogP contribution in [0.15, 0.2) is 48.5 Å². The first-order valence-electron chi connectivity index (χ1n) is 9.52. The average molecular weight is 365 g/mol. The molecular formula is C22H27N3O2. The van der Waals surface area contributed by atoms with Crippen molar-refractivity contribution in [3.05, 3.63) is 54.1 Å². The lowest BCUT2D eigenvalue weighted by Crippen LogP contribution is -2.31. The van der Waals surface area contributed by atoms with Crippen molar-refractivity contribution in [2.75, 3.05) is 22.1 Å². The number of hydrogen-bond acceptors (Lipinski definition) is 3. The van der Waals surface area contributed by atoms with Crippen molar-refractivity contribution in [3.8, 4) is 0 Å². The van der Waals surface area contributed by atoms with E-state index in [9.17, 15) is 9.59 Å². The van der Waals surface area contributed by atoms with Crippen LogP contribution in [0.4, 0.5) is 17.1 Å². The van der Waals surface area contributed by atoms with E-state index in [1.807, 2.05) is 55.5 Å². The molecule has 5 heteroatoms. The van der Waals surface area contributed by atoms with Gasteiger partial charge in [0.25, 0.3) is 0 Å². The van der Waals surface area contributed by atoms with Gasteiger partial charge in [-0.25, -0.2) is 0 Å². The van der Waals surface area contributed by atoms with Gasteiger partial charge in [0.15, 0.2) is 0 Å². The predicted molar refractivity (Wildman–Crippen MR) is 110 cm³/mol. The maximum absolute atomic E-state index is 12.4. The van der Waals surface area contributed by atoms with Crippen molar-refractivity contribution in [2.45, 2.75) is 45.6 Å². The van der Waals surface area contributed by atoms with Crippen LogP contribution in [0.25, 0.3) is 0 Å². The number of carbonyl (C=O) groups is 2. The van der Waals surface area contributed by atoms with Gasteiger partial charge in [-0.1, -0.05) is 26.0 Å². The minimum atomic E-state index is -0.381. The zero-order valence-electron chi connectivity index (χ0n) is 16.2. The van der Waals surface area contributed by atoms with Crippen molar-refractivity contribution in [1.82, 2.24) is 0 Å². The molecule has 0 aliphatic carbocycles. The molecule has 0 unspecified atom stereocenters. The molecule has 1 aliphatic heterocycles. The number of anilines is 3. The van der Waals surface area contributed by atoms with Crippen molar-refractivity contribution in [3.63, 3.8) is 0 Å². The van der Waals surface area contributed by atoms with E-state index in [2.05, 4.69) is 24.5 Å². The summed E-state index contributed by atoms with van der Waals surface area (Å²) in [7, 11) is 0. The molecule has 0 aromatic heterocycles. The third-order valence-corrected chi connectivity index (χ3v) is 4.87.